The number of aryl methyl sites for hydroxylation is 1. The summed E-state index contributed by atoms with van der Waals surface area (Å²) in [4.78, 5) is 32.2. The molecule has 1 aliphatic rings. The van der Waals surface area contributed by atoms with Crippen molar-refractivity contribution in [2.75, 3.05) is 5.32 Å². The average Bonchev–Trinajstić information content (AvgIpc) is 3.28. The number of fused-ring (bicyclic) bond motifs is 1. The Bertz CT molecular complexity index is 1430. The Hall–Kier alpha value is -3.75. The van der Waals surface area contributed by atoms with E-state index in [1.807, 2.05) is 60.7 Å². The molecule has 1 N–H and O–H groups in total. The summed E-state index contributed by atoms with van der Waals surface area (Å²) in [6, 6.07) is 24.0. The van der Waals surface area contributed by atoms with Gasteiger partial charge in [0, 0.05) is 44.3 Å². The first-order valence-electron chi connectivity index (χ1n) is 11.6. The predicted octanol–water partition coefficient (Wildman–Crippen LogP) is 7.69. The molecule has 0 aliphatic heterocycles. The zero-order valence-electron chi connectivity index (χ0n) is 19.3. The Morgan fingerprint density at radius 2 is 1.72 bits per heavy atom. The van der Waals surface area contributed by atoms with Gasteiger partial charge in [-0.3, -0.25) is 14.9 Å². The second kappa shape index (κ2) is 10.9. The smallest absolute Gasteiger partial charge is 0.270 e. The van der Waals surface area contributed by atoms with Crippen LogP contribution in [0.1, 0.15) is 39.2 Å². The van der Waals surface area contributed by atoms with Crippen LogP contribution in [-0.2, 0) is 12.8 Å². The molecule has 6 nitrogen and oxygen atoms in total. The van der Waals surface area contributed by atoms with Crippen molar-refractivity contribution in [1.29, 1.82) is 0 Å². The van der Waals surface area contributed by atoms with E-state index < -0.39 is 4.92 Å². The monoisotopic (exact) mass is 513 g/mol. The molecule has 1 aliphatic carbocycles. The molecule has 0 saturated carbocycles. The van der Waals surface area contributed by atoms with Crippen LogP contribution in [0.15, 0.2) is 93.6 Å². The average molecular weight is 514 g/mol. The first-order valence-corrected chi connectivity index (χ1v) is 13.3. The molecule has 1 amide bonds. The van der Waals surface area contributed by atoms with Crippen molar-refractivity contribution in [3.05, 3.63) is 111 Å². The van der Waals surface area contributed by atoms with E-state index in [2.05, 4.69) is 5.32 Å². The minimum absolute atomic E-state index is 0.00128. The lowest BCUT2D eigenvalue weighted by Crippen LogP contribution is -2.14. The minimum Gasteiger partial charge on any atom is -0.322 e. The molecule has 0 fully saturated rings. The number of hydrogen-bond acceptors (Lipinski definition) is 6. The molecule has 0 bridgehead atoms. The topological polar surface area (TPSA) is 84.6 Å². The number of nitro benzene ring substituents is 1. The summed E-state index contributed by atoms with van der Waals surface area (Å²) >= 11 is 3.06. The number of rotatable bonds is 7. The fourth-order valence-corrected chi connectivity index (χ4v) is 6.32. The quantitative estimate of drug-likeness (QED) is 0.156. The number of carbonyl (C=O) groups excluding carboxylic acids is 1. The molecule has 8 heteroatoms. The SMILES string of the molecule is O=C(Nc1ccccc1)c1c(N=Cc2cc([N+](=O)[O-])ccc2Sc2ccccc2)sc2c1CCCC2. The Balaban J connectivity index is 1.52. The molecule has 4 aromatic rings. The van der Waals surface area contributed by atoms with Gasteiger partial charge in [-0.15, -0.1) is 11.3 Å². The van der Waals surface area contributed by atoms with E-state index in [-0.39, 0.29) is 11.6 Å². The van der Waals surface area contributed by atoms with Crippen LogP contribution in [0.3, 0.4) is 0 Å². The molecular weight excluding hydrogens is 490 g/mol. The molecule has 1 aromatic heterocycles. The van der Waals surface area contributed by atoms with Gasteiger partial charge in [-0.25, -0.2) is 4.99 Å². The number of nitrogens with zero attached hydrogens (tertiary/aromatic N) is 2. The molecule has 3 aromatic carbocycles. The van der Waals surface area contributed by atoms with Crippen molar-refractivity contribution in [2.24, 2.45) is 4.99 Å². The summed E-state index contributed by atoms with van der Waals surface area (Å²) in [5.74, 6) is -0.175. The Morgan fingerprint density at radius 3 is 2.47 bits per heavy atom. The number of benzene rings is 3. The van der Waals surface area contributed by atoms with Gasteiger partial charge in [0.1, 0.15) is 5.00 Å². The van der Waals surface area contributed by atoms with Crippen LogP contribution in [0.2, 0.25) is 0 Å². The van der Waals surface area contributed by atoms with Crippen LogP contribution in [0.5, 0.6) is 0 Å². The molecular formula is C28H23N3O3S2. The fraction of sp³-hybridized carbons (Fsp3) is 0.143. The fourth-order valence-electron chi connectivity index (χ4n) is 4.18. The van der Waals surface area contributed by atoms with Crippen molar-refractivity contribution in [3.63, 3.8) is 0 Å². The Labute approximate surface area is 217 Å². The van der Waals surface area contributed by atoms with Crippen LogP contribution < -0.4 is 5.32 Å². The van der Waals surface area contributed by atoms with E-state index in [4.69, 9.17) is 4.99 Å². The normalized spacial score (nSPS) is 12.9. The van der Waals surface area contributed by atoms with Gasteiger partial charge in [0.25, 0.3) is 11.6 Å². The zero-order valence-corrected chi connectivity index (χ0v) is 21.0. The molecule has 1 heterocycles. The van der Waals surface area contributed by atoms with E-state index in [1.165, 1.54) is 28.8 Å². The van der Waals surface area contributed by atoms with Gasteiger partial charge in [0.05, 0.1) is 10.5 Å². The molecule has 0 spiro atoms. The molecule has 0 atom stereocenters. The van der Waals surface area contributed by atoms with Crippen LogP contribution in [0, 0.1) is 10.1 Å². The number of amides is 1. The largest absolute Gasteiger partial charge is 0.322 e. The number of para-hydroxylation sites is 1. The van der Waals surface area contributed by atoms with Crippen LogP contribution in [0.25, 0.3) is 0 Å². The highest BCUT2D eigenvalue weighted by Gasteiger charge is 2.25. The van der Waals surface area contributed by atoms with Crippen LogP contribution >= 0.6 is 23.1 Å². The van der Waals surface area contributed by atoms with Crippen molar-refractivity contribution in [2.45, 2.75) is 35.5 Å². The van der Waals surface area contributed by atoms with Gasteiger partial charge >= 0.3 is 0 Å². The number of thiophene rings is 1. The molecule has 0 saturated heterocycles. The standard InChI is InChI=1S/C28H23N3O3S2/c32-27(30-20-9-3-1-4-10-20)26-23-13-7-8-14-25(23)36-28(26)29-18-19-17-21(31(33)34)15-16-24(19)35-22-11-5-2-6-12-22/h1-6,9-12,15-18H,7-8,13-14H2,(H,30,32). The molecule has 180 valence electrons. The van der Waals surface area contributed by atoms with E-state index in [9.17, 15) is 14.9 Å². The van der Waals surface area contributed by atoms with Gasteiger partial charge in [-0.1, -0.05) is 48.2 Å². The summed E-state index contributed by atoms with van der Waals surface area (Å²) < 4.78 is 0. The maximum absolute atomic E-state index is 13.4. The number of carbonyl (C=O) groups is 1. The molecule has 36 heavy (non-hydrogen) atoms. The summed E-state index contributed by atoms with van der Waals surface area (Å²) in [5.41, 5.74) is 3.05. The highest BCUT2D eigenvalue weighted by molar-refractivity contribution is 7.99. The lowest BCUT2D eigenvalue weighted by atomic mass is 9.95. The number of anilines is 1. The van der Waals surface area contributed by atoms with Gasteiger partial charge < -0.3 is 5.32 Å². The molecule has 0 unspecified atom stereocenters. The minimum atomic E-state index is -0.406. The zero-order chi connectivity index (χ0) is 24.9. The second-order valence-corrected chi connectivity index (χ2v) is 10.6. The van der Waals surface area contributed by atoms with Crippen molar-refractivity contribution in [1.82, 2.24) is 0 Å². The van der Waals surface area contributed by atoms with Gasteiger partial charge in [0.15, 0.2) is 0 Å². The number of hydrogen-bond donors (Lipinski definition) is 1. The first kappa shape index (κ1) is 24.0. The third kappa shape index (κ3) is 5.40. The van der Waals surface area contributed by atoms with Crippen molar-refractivity contribution in [3.8, 4) is 0 Å². The second-order valence-electron chi connectivity index (χ2n) is 8.36. The van der Waals surface area contributed by atoms with Gasteiger partial charge in [0.2, 0.25) is 0 Å². The first-order chi connectivity index (χ1) is 17.6. The molecule has 0 radical (unpaired) electrons. The van der Waals surface area contributed by atoms with Gasteiger partial charge in [-0.2, -0.15) is 0 Å². The maximum atomic E-state index is 13.4. The maximum Gasteiger partial charge on any atom is 0.270 e. The summed E-state index contributed by atoms with van der Waals surface area (Å²) in [7, 11) is 0. The van der Waals surface area contributed by atoms with Gasteiger partial charge in [-0.05, 0) is 61.6 Å². The predicted molar refractivity (Wildman–Crippen MR) is 146 cm³/mol. The van der Waals surface area contributed by atoms with E-state index >= 15 is 0 Å². The van der Waals surface area contributed by atoms with Crippen LogP contribution in [0.4, 0.5) is 16.4 Å². The summed E-state index contributed by atoms with van der Waals surface area (Å²) in [5, 5.41) is 15.1. The summed E-state index contributed by atoms with van der Waals surface area (Å²) in [6.07, 6.45) is 5.58. The Morgan fingerprint density at radius 1 is 1.00 bits per heavy atom. The highest BCUT2D eigenvalue weighted by Crippen LogP contribution is 2.40. The molecule has 5 rings (SSSR count). The third-order valence-electron chi connectivity index (χ3n) is 5.91. The lowest BCUT2D eigenvalue weighted by molar-refractivity contribution is -0.384. The van der Waals surface area contributed by atoms with E-state index in [1.54, 1.807) is 23.6 Å². The Kier molecular flexibility index (Phi) is 7.25. The van der Waals surface area contributed by atoms with E-state index in [0.29, 0.717) is 16.1 Å². The lowest BCUT2D eigenvalue weighted by Gasteiger charge is -2.12. The summed E-state index contributed by atoms with van der Waals surface area (Å²) in [6.45, 7) is 0. The van der Waals surface area contributed by atoms with Crippen molar-refractivity contribution < 1.29 is 9.72 Å². The third-order valence-corrected chi connectivity index (χ3v) is 8.21. The number of nitrogens with one attached hydrogen (secondary N) is 1. The number of non-ortho nitro benzene ring substituents is 1. The van der Waals surface area contributed by atoms with Crippen molar-refractivity contribution >= 4 is 51.6 Å². The number of aliphatic imine (C=N–C) groups is 1. The van der Waals surface area contributed by atoms with Crippen LogP contribution in [-0.4, -0.2) is 17.0 Å². The highest BCUT2D eigenvalue weighted by atomic mass is 32.2. The van der Waals surface area contributed by atoms with E-state index in [0.717, 1.165) is 46.7 Å². The number of nitro groups is 1.